The first-order valence-electron chi connectivity index (χ1n) is 8.08. The molecule has 3 aromatic rings. The quantitative estimate of drug-likeness (QED) is 0.453. The van der Waals surface area contributed by atoms with Gasteiger partial charge in [0.1, 0.15) is 17.9 Å². The number of carbonyl (C=O) groups excluding carboxylic acids is 1. The lowest BCUT2D eigenvalue weighted by Gasteiger charge is -2.10. The van der Waals surface area contributed by atoms with Gasteiger partial charge in [-0.05, 0) is 42.8 Å². The maximum Gasteiger partial charge on any atom is 0.336 e. The van der Waals surface area contributed by atoms with E-state index in [1.54, 1.807) is 30.3 Å². The minimum Gasteiger partial charge on any atom is -0.496 e. The third kappa shape index (κ3) is 4.43. The number of carbonyl (C=O) groups is 1. The number of benzene rings is 2. The largest absolute Gasteiger partial charge is 0.496 e. The van der Waals surface area contributed by atoms with E-state index in [1.807, 2.05) is 6.92 Å². The summed E-state index contributed by atoms with van der Waals surface area (Å²) >= 11 is 12.1. The molecule has 0 N–H and O–H groups in total. The Hall–Kier alpha value is -2.50. The minimum atomic E-state index is -0.521. The van der Waals surface area contributed by atoms with Crippen LogP contribution in [0.5, 0.6) is 5.75 Å². The van der Waals surface area contributed by atoms with Crippen LogP contribution in [-0.2, 0) is 22.6 Å². The van der Waals surface area contributed by atoms with Crippen LogP contribution in [0.1, 0.15) is 16.7 Å². The van der Waals surface area contributed by atoms with E-state index in [1.165, 1.54) is 13.2 Å². The van der Waals surface area contributed by atoms with Crippen LogP contribution in [-0.4, -0.2) is 13.1 Å². The molecule has 0 saturated heterocycles. The number of fused-ring (bicyclic) bond motifs is 1. The summed E-state index contributed by atoms with van der Waals surface area (Å²) in [4.78, 5) is 24.0. The van der Waals surface area contributed by atoms with Gasteiger partial charge in [0, 0.05) is 32.6 Å². The van der Waals surface area contributed by atoms with Gasteiger partial charge in [-0.1, -0.05) is 23.2 Å². The monoisotopic (exact) mass is 406 g/mol. The summed E-state index contributed by atoms with van der Waals surface area (Å²) in [5.74, 6) is 0.0691. The van der Waals surface area contributed by atoms with Crippen LogP contribution in [0.2, 0.25) is 10.0 Å². The van der Waals surface area contributed by atoms with Crippen LogP contribution in [0, 0.1) is 6.92 Å². The van der Waals surface area contributed by atoms with Gasteiger partial charge in [-0.15, -0.1) is 0 Å². The minimum absolute atomic E-state index is 0.0109. The summed E-state index contributed by atoms with van der Waals surface area (Å²) < 4.78 is 15.8. The number of aryl methyl sites for hydroxylation is 1. The number of esters is 1. The molecule has 2 aromatic carbocycles. The highest BCUT2D eigenvalue weighted by atomic mass is 35.5. The van der Waals surface area contributed by atoms with E-state index in [0.717, 1.165) is 5.56 Å². The fourth-order valence-corrected chi connectivity index (χ4v) is 3.08. The average Bonchev–Trinajstić information content (AvgIpc) is 2.61. The molecule has 0 bridgehead atoms. The van der Waals surface area contributed by atoms with Gasteiger partial charge >= 0.3 is 11.6 Å². The molecular formula is C20H16Cl2O5. The molecule has 0 aliphatic rings. The number of hydrogen-bond acceptors (Lipinski definition) is 5. The highest BCUT2D eigenvalue weighted by Crippen LogP contribution is 2.26. The van der Waals surface area contributed by atoms with E-state index in [0.29, 0.717) is 37.9 Å². The Morgan fingerprint density at radius 1 is 1.11 bits per heavy atom. The zero-order valence-electron chi connectivity index (χ0n) is 14.7. The van der Waals surface area contributed by atoms with Gasteiger partial charge in [-0.3, -0.25) is 4.79 Å². The molecule has 0 unspecified atom stereocenters. The van der Waals surface area contributed by atoms with Crippen molar-refractivity contribution in [1.82, 2.24) is 0 Å². The Kier molecular flexibility index (Phi) is 5.73. The molecule has 140 valence electrons. The van der Waals surface area contributed by atoms with Crippen LogP contribution >= 0.6 is 23.2 Å². The Bertz CT molecular complexity index is 1070. The molecule has 7 heteroatoms. The van der Waals surface area contributed by atoms with Gasteiger partial charge in [0.2, 0.25) is 0 Å². The molecule has 1 aromatic heterocycles. The predicted molar refractivity (Wildman–Crippen MR) is 104 cm³/mol. The van der Waals surface area contributed by atoms with Gasteiger partial charge in [0.05, 0.1) is 13.5 Å². The van der Waals surface area contributed by atoms with Crippen LogP contribution in [0.25, 0.3) is 11.0 Å². The number of hydrogen-bond donors (Lipinski definition) is 0. The fourth-order valence-electron chi connectivity index (χ4n) is 2.72. The van der Waals surface area contributed by atoms with Crippen molar-refractivity contribution < 1.29 is 18.7 Å². The SMILES string of the molecule is COc1ccc(Cl)cc1CC(=O)OCc1cc(=O)oc2cc(C)c(Cl)cc12. The van der Waals surface area contributed by atoms with Crippen LogP contribution in [0.3, 0.4) is 0 Å². The average molecular weight is 407 g/mol. The fraction of sp³-hybridized carbons (Fsp3) is 0.200. The van der Waals surface area contributed by atoms with E-state index >= 15 is 0 Å². The maximum atomic E-state index is 12.3. The van der Waals surface area contributed by atoms with Crippen molar-refractivity contribution >= 4 is 40.1 Å². The van der Waals surface area contributed by atoms with Crippen LogP contribution in [0.15, 0.2) is 45.6 Å². The summed E-state index contributed by atoms with van der Waals surface area (Å²) in [7, 11) is 1.51. The third-order valence-electron chi connectivity index (χ3n) is 4.08. The smallest absolute Gasteiger partial charge is 0.336 e. The summed E-state index contributed by atoms with van der Waals surface area (Å²) in [6.45, 7) is 1.73. The van der Waals surface area contributed by atoms with Gasteiger partial charge in [0.15, 0.2) is 0 Å². The number of ether oxygens (including phenoxy) is 2. The number of methoxy groups -OCH3 is 1. The van der Waals surface area contributed by atoms with Crippen molar-refractivity contribution in [2.75, 3.05) is 7.11 Å². The molecule has 1 heterocycles. The predicted octanol–water partition coefficient (Wildman–Crippen LogP) is 4.70. The lowest BCUT2D eigenvalue weighted by atomic mass is 10.1. The van der Waals surface area contributed by atoms with Gasteiger partial charge < -0.3 is 13.9 Å². The molecule has 0 fully saturated rings. The van der Waals surface area contributed by atoms with Crippen molar-refractivity contribution in [1.29, 1.82) is 0 Å². The Labute approximate surface area is 165 Å². The van der Waals surface area contributed by atoms with Gasteiger partial charge in [0.25, 0.3) is 0 Å². The molecule has 3 rings (SSSR count). The van der Waals surface area contributed by atoms with Gasteiger partial charge in [-0.2, -0.15) is 0 Å². The lowest BCUT2D eigenvalue weighted by Crippen LogP contribution is -2.10. The molecular weight excluding hydrogens is 391 g/mol. The molecule has 27 heavy (non-hydrogen) atoms. The van der Waals surface area contributed by atoms with E-state index in [-0.39, 0.29) is 13.0 Å². The summed E-state index contributed by atoms with van der Waals surface area (Å²) in [5.41, 5.74) is 1.80. The Morgan fingerprint density at radius 2 is 1.89 bits per heavy atom. The summed E-state index contributed by atoms with van der Waals surface area (Å²) in [6, 6.07) is 9.68. The normalized spacial score (nSPS) is 10.8. The molecule has 0 amide bonds. The molecule has 5 nitrogen and oxygen atoms in total. The van der Waals surface area contributed by atoms with Crippen molar-refractivity contribution in [3.63, 3.8) is 0 Å². The van der Waals surface area contributed by atoms with Crippen molar-refractivity contribution in [2.45, 2.75) is 20.0 Å². The molecule has 0 aliphatic heterocycles. The molecule has 0 radical (unpaired) electrons. The molecule has 0 spiro atoms. The van der Waals surface area contributed by atoms with Crippen LogP contribution < -0.4 is 10.4 Å². The first kappa shape index (κ1) is 19.3. The zero-order valence-corrected chi connectivity index (χ0v) is 16.2. The molecule has 0 aliphatic carbocycles. The topological polar surface area (TPSA) is 65.7 Å². The second-order valence-corrected chi connectivity index (χ2v) is 6.83. The molecule has 0 atom stereocenters. The van der Waals surface area contributed by atoms with E-state index < -0.39 is 11.6 Å². The van der Waals surface area contributed by atoms with Crippen molar-refractivity contribution in [3.8, 4) is 5.75 Å². The van der Waals surface area contributed by atoms with Gasteiger partial charge in [-0.25, -0.2) is 4.79 Å². The first-order chi connectivity index (χ1) is 12.9. The maximum absolute atomic E-state index is 12.3. The van der Waals surface area contributed by atoms with E-state index in [4.69, 9.17) is 37.1 Å². The highest BCUT2D eigenvalue weighted by molar-refractivity contribution is 6.32. The zero-order chi connectivity index (χ0) is 19.6. The van der Waals surface area contributed by atoms with Crippen molar-refractivity contribution in [3.05, 3.63) is 73.6 Å². The van der Waals surface area contributed by atoms with Crippen molar-refractivity contribution in [2.24, 2.45) is 0 Å². The standard InChI is InChI=1S/C20H16Cl2O5/c1-11-5-18-15(9-16(11)22)13(8-20(24)27-18)10-26-19(23)7-12-6-14(21)3-4-17(12)25-2/h3-6,8-9H,7,10H2,1-2H3. The van der Waals surface area contributed by atoms with E-state index in [2.05, 4.69) is 0 Å². The third-order valence-corrected chi connectivity index (χ3v) is 4.72. The lowest BCUT2D eigenvalue weighted by molar-refractivity contribution is -0.144. The Morgan fingerprint density at radius 3 is 2.63 bits per heavy atom. The first-order valence-corrected chi connectivity index (χ1v) is 8.84. The summed E-state index contributed by atoms with van der Waals surface area (Å²) in [6.07, 6.45) is -0.0109. The Balaban J connectivity index is 1.81. The summed E-state index contributed by atoms with van der Waals surface area (Å²) in [5, 5.41) is 1.65. The number of rotatable bonds is 5. The number of halogens is 2. The van der Waals surface area contributed by atoms with E-state index in [9.17, 15) is 9.59 Å². The molecule has 0 saturated carbocycles. The highest BCUT2D eigenvalue weighted by Gasteiger charge is 2.13. The van der Waals surface area contributed by atoms with Crippen LogP contribution in [0.4, 0.5) is 0 Å². The second-order valence-electron chi connectivity index (χ2n) is 5.98. The second kappa shape index (κ2) is 8.03.